The molecule has 3 amide bonds. The maximum absolute atomic E-state index is 12.8. The van der Waals surface area contributed by atoms with Crippen molar-refractivity contribution < 1.29 is 44.1 Å². The Bertz CT molecular complexity index is 750. The molecule has 34 heavy (non-hydrogen) atoms. The number of aliphatic carboxylic acids is 3. The van der Waals surface area contributed by atoms with Crippen molar-refractivity contribution in [2.45, 2.75) is 70.1 Å². The molecule has 0 aliphatic carbocycles. The number of amides is 3. The molecule has 13 nitrogen and oxygen atoms in total. The summed E-state index contributed by atoms with van der Waals surface area (Å²) in [7, 11) is 0. The predicted molar refractivity (Wildman–Crippen MR) is 123 cm³/mol. The molecule has 14 heteroatoms. The number of carbonyl (C=O) groups is 6. The third kappa shape index (κ3) is 11.8. The van der Waals surface area contributed by atoms with Crippen LogP contribution in [-0.4, -0.2) is 87.1 Å². The van der Waals surface area contributed by atoms with Crippen molar-refractivity contribution in [2.75, 3.05) is 12.0 Å². The summed E-state index contributed by atoms with van der Waals surface area (Å²) in [6.07, 6.45) is 0.730. The summed E-state index contributed by atoms with van der Waals surface area (Å²) >= 11 is 1.40. The topological polar surface area (TPSA) is 225 Å². The first-order chi connectivity index (χ1) is 15.8. The minimum absolute atomic E-state index is 0.159. The zero-order valence-corrected chi connectivity index (χ0v) is 20.2. The first-order valence-electron chi connectivity index (χ1n) is 10.7. The van der Waals surface area contributed by atoms with Crippen LogP contribution in [0.15, 0.2) is 0 Å². The molecular weight excluding hydrogens is 472 g/mol. The number of nitrogens with two attached hydrogens (primary N) is 1. The van der Waals surface area contributed by atoms with Gasteiger partial charge in [0.05, 0.1) is 12.5 Å². The molecule has 0 spiro atoms. The fourth-order valence-electron chi connectivity index (χ4n) is 2.74. The van der Waals surface area contributed by atoms with Gasteiger partial charge in [-0.2, -0.15) is 11.8 Å². The van der Waals surface area contributed by atoms with Crippen LogP contribution in [0.25, 0.3) is 0 Å². The Hall–Kier alpha value is -2.87. The zero-order valence-electron chi connectivity index (χ0n) is 19.4. The van der Waals surface area contributed by atoms with Gasteiger partial charge in [-0.05, 0) is 30.8 Å². The Balaban J connectivity index is 5.52. The van der Waals surface area contributed by atoms with Crippen LogP contribution in [0.4, 0.5) is 0 Å². The standard InChI is InChI=1S/C20H34N4O9S/c1-4-10(2)16(21)19(31)22-11(7-8-34-3)17(29)24-13(9-15(27)28)18(30)23-12(20(32)33)5-6-14(25)26/h10-13,16H,4-9,21H2,1-3H3,(H,22,31)(H,23,30)(H,24,29)(H,25,26)(H,27,28)(H,32,33). The third-order valence-corrected chi connectivity index (χ3v) is 5.72. The molecule has 0 aromatic carbocycles. The second-order valence-electron chi connectivity index (χ2n) is 7.74. The van der Waals surface area contributed by atoms with E-state index in [1.165, 1.54) is 11.8 Å². The quantitative estimate of drug-likeness (QED) is 0.126. The Morgan fingerprint density at radius 2 is 1.35 bits per heavy atom. The third-order valence-electron chi connectivity index (χ3n) is 5.08. The smallest absolute Gasteiger partial charge is 0.326 e. The van der Waals surface area contributed by atoms with E-state index in [4.69, 9.17) is 15.9 Å². The van der Waals surface area contributed by atoms with Crippen LogP contribution in [0.2, 0.25) is 0 Å². The molecule has 0 rings (SSSR count). The van der Waals surface area contributed by atoms with Crippen LogP contribution in [0, 0.1) is 5.92 Å². The Morgan fingerprint density at radius 3 is 1.82 bits per heavy atom. The Morgan fingerprint density at radius 1 is 0.824 bits per heavy atom. The average Bonchev–Trinajstić information content (AvgIpc) is 2.76. The minimum atomic E-state index is -1.66. The molecule has 0 fully saturated rings. The van der Waals surface area contributed by atoms with Crippen LogP contribution in [0.1, 0.15) is 46.0 Å². The van der Waals surface area contributed by atoms with E-state index in [-0.39, 0.29) is 12.3 Å². The molecule has 0 aromatic rings. The van der Waals surface area contributed by atoms with E-state index in [0.717, 1.165) is 0 Å². The highest BCUT2D eigenvalue weighted by molar-refractivity contribution is 7.98. The van der Waals surface area contributed by atoms with Gasteiger partial charge >= 0.3 is 17.9 Å². The zero-order chi connectivity index (χ0) is 26.4. The van der Waals surface area contributed by atoms with Crippen molar-refractivity contribution in [1.82, 2.24) is 16.0 Å². The van der Waals surface area contributed by atoms with Gasteiger partial charge in [0.15, 0.2) is 0 Å². The number of hydrogen-bond acceptors (Lipinski definition) is 8. The summed E-state index contributed by atoms with van der Waals surface area (Å²) in [5.74, 6) is -6.46. The van der Waals surface area contributed by atoms with Gasteiger partial charge in [0.2, 0.25) is 17.7 Å². The molecule has 0 aliphatic rings. The van der Waals surface area contributed by atoms with E-state index in [1.807, 2.05) is 6.92 Å². The number of rotatable bonds is 17. The summed E-state index contributed by atoms with van der Waals surface area (Å²) in [5.41, 5.74) is 5.91. The second-order valence-corrected chi connectivity index (χ2v) is 8.73. The Labute approximate surface area is 201 Å². The van der Waals surface area contributed by atoms with Gasteiger partial charge in [-0.1, -0.05) is 20.3 Å². The minimum Gasteiger partial charge on any atom is -0.481 e. The van der Waals surface area contributed by atoms with E-state index in [9.17, 15) is 33.9 Å². The van der Waals surface area contributed by atoms with Crippen LogP contribution in [0.5, 0.6) is 0 Å². The number of hydrogen-bond donors (Lipinski definition) is 7. The van der Waals surface area contributed by atoms with Crippen molar-refractivity contribution in [3.05, 3.63) is 0 Å². The van der Waals surface area contributed by atoms with Crippen LogP contribution >= 0.6 is 11.8 Å². The van der Waals surface area contributed by atoms with Crippen molar-refractivity contribution in [2.24, 2.45) is 11.7 Å². The van der Waals surface area contributed by atoms with Crippen LogP contribution in [0.3, 0.4) is 0 Å². The van der Waals surface area contributed by atoms with E-state index in [2.05, 4.69) is 16.0 Å². The number of carboxylic acids is 3. The molecule has 0 radical (unpaired) electrons. The summed E-state index contributed by atoms with van der Waals surface area (Å²) in [6, 6.07) is -5.24. The molecule has 0 saturated carbocycles. The van der Waals surface area contributed by atoms with Crippen molar-refractivity contribution in [1.29, 1.82) is 0 Å². The first-order valence-corrected chi connectivity index (χ1v) is 12.0. The van der Waals surface area contributed by atoms with Gasteiger partial charge in [-0.15, -0.1) is 0 Å². The summed E-state index contributed by atoms with van der Waals surface area (Å²) in [5, 5.41) is 33.9. The summed E-state index contributed by atoms with van der Waals surface area (Å²) < 4.78 is 0. The molecule has 0 aromatic heterocycles. The lowest BCUT2D eigenvalue weighted by Crippen LogP contribution is -2.58. The van der Waals surface area contributed by atoms with E-state index in [1.54, 1.807) is 13.2 Å². The first kappa shape index (κ1) is 31.1. The highest BCUT2D eigenvalue weighted by Gasteiger charge is 2.32. The Kier molecular flexibility index (Phi) is 14.5. The summed E-state index contributed by atoms with van der Waals surface area (Å²) in [4.78, 5) is 71.1. The second kappa shape index (κ2) is 15.9. The predicted octanol–water partition coefficient (Wildman–Crippen LogP) is -1.01. The number of carboxylic acid groups (broad SMARTS) is 3. The van der Waals surface area contributed by atoms with Gasteiger partial charge < -0.3 is 37.0 Å². The van der Waals surface area contributed by atoms with E-state index in [0.29, 0.717) is 12.2 Å². The number of nitrogens with one attached hydrogen (secondary N) is 3. The fourth-order valence-corrected chi connectivity index (χ4v) is 3.21. The molecular formula is C20H34N4O9S. The summed E-state index contributed by atoms with van der Waals surface area (Å²) in [6.45, 7) is 3.63. The van der Waals surface area contributed by atoms with Crippen LogP contribution in [-0.2, 0) is 28.8 Å². The highest BCUT2D eigenvalue weighted by atomic mass is 32.2. The molecule has 194 valence electrons. The molecule has 5 atom stereocenters. The van der Waals surface area contributed by atoms with Crippen LogP contribution < -0.4 is 21.7 Å². The maximum Gasteiger partial charge on any atom is 0.326 e. The van der Waals surface area contributed by atoms with Crippen molar-refractivity contribution >= 4 is 47.4 Å². The van der Waals surface area contributed by atoms with Gasteiger partial charge in [-0.3, -0.25) is 24.0 Å². The normalized spacial score (nSPS) is 15.2. The lowest BCUT2D eigenvalue weighted by atomic mass is 9.99. The van der Waals surface area contributed by atoms with Gasteiger partial charge in [-0.25, -0.2) is 4.79 Å². The van der Waals surface area contributed by atoms with E-state index < -0.39 is 79.1 Å². The largest absolute Gasteiger partial charge is 0.481 e. The van der Waals surface area contributed by atoms with Gasteiger partial charge in [0, 0.05) is 6.42 Å². The average molecular weight is 507 g/mol. The molecule has 0 heterocycles. The molecule has 8 N–H and O–H groups in total. The molecule has 0 bridgehead atoms. The molecule has 0 aliphatic heterocycles. The number of thioether (sulfide) groups is 1. The highest BCUT2D eigenvalue weighted by Crippen LogP contribution is 2.08. The lowest BCUT2D eigenvalue weighted by Gasteiger charge is -2.25. The SMILES string of the molecule is CCC(C)C(N)C(=O)NC(CCSC)C(=O)NC(CC(=O)O)C(=O)NC(CCC(=O)O)C(=O)O. The van der Waals surface area contributed by atoms with Crippen molar-refractivity contribution in [3.8, 4) is 0 Å². The van der Waals surface area contributed by atoms with Gasteiger partial charge in [0.1, 0.15) is 18.1 Å². The van der Waals surface area contributed by atoms with Gasteiger partial charge in [0.25, 0.3) is 0 Å². The monoisotopic (exact) mass is 506 g/mol. The maximum atomic E-state index is 12.8. The molecule has 5 unspecified atom stereocenters. The van der Waals surface area contributed by atoms with E-state index >= 15 is 0 Å². The number of carbonyl (C=O) groups excluding carboxylic acids is 3. The van der Waals surface area contributed by atoms with Crippen molar-refractivity contribution in [3.63, 3.8) is 0 Å². The fraction of sp³-hybridized carbons (Fsp3) is 0.700. The molecule has 0 saturated heterocycles. The lowest BCUT2D eigenvalue weighted by molar-refractivity contribution is -0.144.